The largest absolute Gasteiger partial charge is 0.462 e. The monoisotopic (exact) mass is 156 g/mol. The lowest BCUT2D eigenvalue weighted by atomic mass is 9.61. The normalized spacial score (nSPS) is 34.2. The van der Waals surface area contributed by atoms with E-state index in [4.69, 9.17) is 4.74 Å². The fourth-order valence-electron chi connectivity index (χ4n) is 1.49. The van der Waals surface area contributed by atoms with Crippen molar-refractivity contribution in [1.82, 2.24) is 0 Å². The molecule has 0 heterocycles. The van der Waals surface area contributed by atoms with Gasteiger partial charge in [0.15, 0.2) is 0 Å². The Balaban J connectivity index is 2.46. The third-order valence-corrected chi connectivity index (χ3v) is 2.98. The molecule has 0 aromatic carbocycles. The quantitative estimate of drug-likeness (QED) is 0.543. The highest BCUT2D eigenvalue weighted by Gasteiger charge is 2.47. The number of ether oxygens (including phenoxy) is 1. The van der Waals surface area contributed by atoms with Crippen molar-refractivity contribution in [2.45, 2.75) is 40.2 Å². The van der Waals surface area contributed by atoms with Crippen LogP contribution in [0.15, 0.2) is 0 Å². The summed E-state index contributed by atoms with van der Waals surface area (Å²) in [6, 6.07) is 0. The van der Waals surface area contributed by atoms with Gasteiger partial charge in [0, 0.05) is 12.3 Å². The first kappa shape index (κ1) is 8.57. The van der Waals surface area contributed by atoms with Gasteiger partial charge in [-0.25, -0.2) is 0 Å². The zero-order valence-electron chi connectivity index (χ0n) is 7.68. The van der Waals surface area contributed by atoms with Crippen molar-refractivity contribution in [3.05, 3.63) is 0 Å². The zero-order valence-corrected chi connectivity index (χ0v) is 7.68. The van der Waals surface area contributed by atoms with Gasteiger partial charge in [0.2, 0.25) is 0 Å². The molecule has 2 heteroatoms. The summed E-state index contributed by atoms with van der Waals surface area (Å²) < 4.78 is 5.13. The number of carbonyl (C=O) groups is 1. The van der Waals surface area contributed by atoms with Crippen LogP contribution in [-0.2, 0) is 9.53 Å². The number of hydrogen-bond acceptors (Lipinski definition) is 2. The molecule has 0 aromatic heterocycles. The molecule has 1 fully saturated rings. The minimum Gasteiger partial charge on any atom is -0.462 e. The molecule has 11 heavy (non-hydrogen) atoms. The molecule has 0 aliphatic heterocycles. The minimum absolute atomic E-state index is 0.148. The summed E-state index contributed by atoms with van der Waals surface area (Å²) in [5.41, 5.74) is 0.186. The van der Waals surface area contributed by atoms with E-state index in [0.29, 0.717) is 5.92 Å². The molecule has 2 nitrogen and oxygen atoms in total. The standard InChI is InChI=1S/C9H16O2/c1-6-5-8(9(6,3)4)11-7(2)10/h6,8H,5H2,1-4H3. The molecule has 1 saturated carbocycles. The van der Waals surface area contributed by atoms with Gasteiger partial charge in [0.05, 0.1) is 0 Å². The number of esters is 1. The average Bonchev–Trinajstić information content (AvgIpc) is 1.87. The molecule has 1 aliphatic rings. The lowest BCUT2D eigenvalue weighted by Gasteiger charge is -2.49. The first-order chi connectivity index (χ1) is 4.94. The van der Waals surface area contributed by atoms with E-state index in [1.807, 2.05) is 0 Å². The fourth-order valence-corrected chi connectivity index (χ4v) is 1.49. The van der Waals surface area contributed by atoms with Crippen LogP contribution in [0.2, 0.25) is 0 Å². The SMILES string of the molecule is CC(=O)OC1CC(C)C1(C)C. The van der Waals surface area contributed by atoms with Crippen molar-refractivity contribution in [3.63, 3.8) is 0 Å². The first-order valence-electron chi connectivity index (χ1n) is 4.12. The van der Waals surface area contributed by atoms with Crippen LogP contribution < -0.4 is 0 Å². The maximum Gasteiger partial charge on any atom is 0.302 e. The van der Waals surface area contributed by atoms with Crippen molar-refractivity contribution in [3.8, 4) is 0 Å². The van der Waals surface area contributed by atoms with Crippen LogP contribution in [0.3, 0.4) is 0 Å². The Kier molecular flexibility index (Phi) is 1.95. The second kappa shape index (κ2) is 2.50. The summed E-state index contributed by atoms with van der Waals surface area (Å²) in [6.07, 6.45) is 1.17. The van der Waals surface area contributed by atoms with Gasteiger partial charge in [-0.3, -0.25) is 4.79 Å². The number of rotatable bonds is 1. The molecule has 64 valence electrons. The Hall–Kier alpha value is -0.530. The summed E-state index contributed by atoms with van der Waals surface area (Å²) >= 11 is 0. The highest BCUT2D eigenvalue weighted by molar-refractivity contribution is 5.66. The molecule has 0 N–H and O–H groups in total. The van der Waals surface area contributed by atoms with Gasteiger partial charge in [-0.2, -0.15) is 0 Å². The minimum atomic E-state index is -0.157. The van der Waals surface area contributed by atoms with Crippen molar-refractivity contribution in [2.75, 3.05) is 0 Å². The molecule has 2 atom stereocenters. The van der Waals surface area contributed by atoms with Crippen LogP contribution >= 0.6 is 0 Å². The van der Waals surface area contributed by atoms with Crippen molar-refractivity contribution in [2.24, 2.45) is 11.3 Å². The Bertz CT molecular complexity index is 172. The molecule has 0 radical (unpaired) electrons. The lowest BCUT2D eigenvalue weighted by Crippen LogP contribution is -2.49. The second-order valence-electron chi connectivity index (χ2n) is 4.06. The van der Waals surface area contributed by atoms with E-state index in [1.165, 1.54) is 6.92 Å². The third-order valence-electron chi connectivity index (χ3n) is 2.98. The zero-order chi connectivity index (χ0) is 8.65. The van der Waals surface area contributed by atoms with Crippen molar-refractivity contribution in [1.29, 1.82) is 0 Å². The summed E-state index contributed by atoms with van der Waals surface area (Å²) in [5.74, 6) is 0.516. The van der Waals surface area contributed by atoms with E-state index in [0.717, 1.165) is 6.42 Å². The van der Waals surface area contributed by atoms with Crippen LogP contribution in [0.25, 0.3) is 0 Å². The second-order valence-corrected chi connectivity index (χ2v) is 4.06. The van der Waals surface area contributed by atoms with Gasteiger partial charge >= 0.3 is 5.97 Å². The van der Waals surface area contributed by atoms with Crippen LogP contribution in [0, 0.1) is 11.3 Å². The maximum absolute atomic E-state index is 10.6. The van der Waals surface area contributed by atoms with Crippen LogP contribution in [-0.4, -0.2) is 12.1 Å². The Morgan fingerprint density at radius 2 is 2.09 bits per heavy atom. The molecule has 0 amide bonds. The Labute approximate surface area is 67.9 Å². The maximum atomic E-state index is 10.6. The molecule has 2 unspecified atom stereocenters. The smallest absolute Gasteiger partial charge is 0.302 e. The van der Waals surface area contributed by atoms with Crippen LogP contribution in [0.1, 0.15) is 34.1 Å². The summed E-state index contributed by atoms with van der Waals surface area (Å²) in [7, 11) is 0. The van der Waals surface area contributed by atoms with E-state index >= 15 is 0 Å². The van der Waals surface area contributed by atoms with Gasteiger partial charge in [-0.05, 0) is 12.3 Å². The predicted octanol–water partition coefficient (Wildman–Crippen LogP) is 1.98. The highest BCUT2D eigenvalue weighted by Crippen LogP contribution is 2.47. The molecule has 0 saturated heterocycles. The van der Waals surface area contributed by atoms with Gasteiger partial charge in [0.25, 0.3) is 0 Å². The van der Waals surface area contributed by atoms with Crippen molar-refractivity contribution < 1.29 is 9.53 Å². The van der Waals surface area contributed by atoms with E-state index < -0.39 is 0 Å². The Morgan fingerprint density at radius 1 is 1.55 bits per heavy atom. The van der Waals surface area contributed by atoms with Crippen LogP contribution in [0.5, 0.6) is 0 Å². The highest BCUT2D eigenvalue weighted by atomic mass is 16.5. The lowest BCUT2D eigenvalue weighted by molar-refractivity contribution is -0.172. The molecule has 0 bridgehead atoms. The number of hydrogen-bond donors (Lipinski definition) is 0. The van der Waals surface area contributed by atoms with Gasteiger partial charge in [-0.15, -0.1) is 0 Å². The van der Waals surface area contributed by atoms with Gasteiger partial charge in [0.1, 0.15) is 6.10 Å². The first-order valence-corrected chi connectivity index (χ1v) is 4.12. The molecule has 0 spiro atoms. The average molecular weight is 156 g/mol. The third kappa shape index (κ3) is 1.39. The van der Waals surface area contributed by atoms with E-state index in [-0.39, 0.29) is 17.5 Å². The molecular weight excluding hydrogens is 140 g/mol. The predicted molar refractivity (Wildman–Crippen MR) is 43.1 cm³/mol. The molecular formula is C9H16O2. The summed E-state index contributed by atoms with van der Waals surface area (Å²) in [4.78, 5) is 10.6. The molecule has 0 aromatic rings. The number of carbonyl (C=O) groups excluding carboxylic acids is 1. The topological polar surface area (TPSA) is 26.3 Å². The van der Waals surface area contributed by atoms with Gasteiger partial charge < -0.3 is 4.74 Å². The fraction of sp³-hybridized carbons (Fsp3) is 0.889. The Morgan fingerprint density at radius 3 is 2.36 bits per heavy atom. The van der Waals surface area contributed by atoms with E-state index in [2.05, 4.69) is 20.8 Å². The van der Waals surface area contributed by atoms with E-state index in [9.17, 15) is 4.79 Å². The van der Waals surface area contributed by atoms with Crippen LogP contribution in [0.4, 0.5) is 0 Å². The summed E-state index contributed by atoms with van der Waals surface area (Å²) in [5, 5.41) is 0. The molecule has 1 rings (SSSR count). The molecule has 1 aliphatic carbocycles. The summed E-state index contributed by atoms with van der Waals surface area (Å²) in [6.45, 7) is 7.96. The van der Waals surface area contributed by atoms with Gasteiger partial charge in [-0.1, -0.05) is 20.8 Å². The van der Waals surface area contributed by atoms with E-state index in [1.54, 1.807) is 0 Å². The van der Waals surface area contributed by atoms with Crippen molar-refractivity contribution >= 4 is 5.97 Å².